The van der Waals surface area contributed by atoms with Crippen LogP contribution in [-0.2, 0) is 0 Å². The maximum absolute atomic E-state index is 12.7. The Balaban J connectivity index is 1.93. The van der Waals surface area contributed by atoms with Crippen LogP contribution < -0.4 is 5.73 Å². The minimum atomic E-state index is -4.23. The number of aliphatic hydroxyl groups is 1. The molecule has 1 saturated carbocycles. The van der Waals surface area contributed by atoms with Crippen LogP contribution in [0.2, 0.25) is 0 Å². The first-order chi connectivity index (χ1) is 8.85. The lowest BCUT2D eigenvalue weighted by atomic mass is 9.71. The predicted molar refractivity (Wildman–Crippen MR) is 66.6 cm³/mol. The zero-order valence-corrected chi connectivity index (χ0v) is 11.1. The molecule has 3 unspecified atom stereocenters. The van der Waals surface area contributed by atoms with Gasteiger partial charge in [-0.2, -0.15) is 13.2 Å². The zero-order chi connectivity index (χ0) is 14.1. The maximum atomic E-state index is 12.7. The van der Waals surface area contributed by atoms with Crippen LogP contribution in [0.15, 0.2) is 0 Å². The van der Waals surface area contributed by atoms with E-state index >= 15 is 0 Å². The van der Waals surface area contributed by atoms with Gasteiger partial charge in [0.15, 0.2) is 0 Å². The van der Waals surface area contributed by atoms with Crippen LogP contribution in [0, 0.1) is 11.8 Å². The third kappa shape index (κ3) is 3.41. The van der Waals surface area contributed by atoms with Crippen molar-refractivity contribution in [2.24, 2.45) is 17.6 Å². The molecule has 0 aromatic carbocycles. The van der Waals surface area contributed by atoms with Gasteiger partial charge in [-0.25, -0.2) is 0 Å². The Morgan fingerprint density at radius 2 is 2.05 bits per heavy atom. The van der Waals surface area contributed by atoms with Crippen molar-refractivity contribution in [1.29, 1.82) is 0 Å². The summed E-state index contributed by atoms with van der Waals surface area (Å²) in [4.78, 5) is 1.83. The molecule has 19 heavy (non-hydrogen) atoms. The lowest BCUT2D eigenvalue weighted by Gasteiger charge is -2.48. The van der Waals surface area contributed by atoms with Crippen LogP contribution >= 0.6 is 0 Å². The average Bonchev–Trinajstić information content (AvgIpc) is 2.34. The van der Waals surface area contributed by atoms with Gasteiger partial charge in [-0.1, -0.05) is 12.8 Å². The molecule has 6 heteroatoms. The lowest BCUT2D eigenvalue weighted by molar-refractivity contribution is -0.181. The number of fused-ring (bicyclic) bond motifs is 1. The largest absolute Gasteiger partial charge is 0.394 e. The standard InChI is InChI=1S/C13H23F3N2O/c14-13(15,16)11(7-17)9-18-6-5-12(19)4-2-1-3-10(12)8-18/h10-11,19H,1-9,17H2. The quantitative estimate of drug-likeness (QED) is 0.828. The van der Waals surface area contributed by atoms with Crippen molar-refractivity contribution in [3.63, 3.8) is 0 Å². The van der Waals surface area contributed by atoms with E-state index in [1.54, 1.807) is 0 Å². The van der Waals surface area contributed by atoms with Gasteiger partial charge in [0.1, 0.15) is 0 Å². The number of alkyl halides is 3. The first-order valence-corrected chi connectivity index (χ1v) is 7.06. The third-order valence-electron chi connectivity index (χ3n) is 4.74. The second-order valence-corrected chi connectivity index (χ2v) is 6.03. The summed E-state index contributed by atoms with van der Waals surface area (Å²) in [6, 6.07) is 0. The monoisotopic (exact) mass is 280 g/mol. The molecule has 0 bridgehead atoms. The summed E-state index contributed by atoms with van der Waals surface area (Å²) < 4.78 is 38.2. The molecule has 0 spiro atoms. The molecule has 1 saturated heterocycles. The van der Waals surface area contributed by atoms with Gasteiger partial charge in [0, 0.05) is 32.1 Å². The summed E-state index contributed by atoms with van der Waals surface area (Å²) in [5, 5.41) is 10.5. The molecule has 3 nitrogen and oxygen atoms in total. The molecule has 0 amide bonds. The van der Waals surface area contributed by atoms with Gasteiger partial charge < -0.3 is 15.7 Å². The van der Waals surface area contributed by atoms with Crippen molar-refractivity contribution in [3.05, 3.63) is 0 Å². The molecule has 3 atom stereocenters. The molecule has 2 fully saturated rings. The van der Waals surface area contributed by atoms with Gasteiger partial charge in [-0.3, -0.25) is 0 Å². The molecule has 1 aliphatic carbocycles. The first kappa shape index (κ1) is 15.1. The fourth-order valence-corrected chi connectivity index (χ4v) is 3.43. The van der Waals surface area contributed by atoms with E-state index < -0.39 is 17.7 Å². The van der Waals surface area contributed by atoms with E-state index in [1.165, 1.54) is 0 Å². The molecule has 2 rings (SSSR count). The first-order valence-electron chi connectivity index (χ1n) is 7.06. The lowest BCUT2D eigenvalue weighted by Crippen LogP contribution is -2.55. The van der Waals surface area contributed by atoms with E-state index in [-0.39, 0.29) is 19.0 Å². The fourth-order valence-electron chi connectivity index (χ4n) is 3.43. The number of likely N-dealkylation sites (tertiary alicyclic amines) is 1. The molecule has 1 aliphatic heterocycles. The van der Waals surface area contributed by atoms with Crippen LogP contribution in [-0.4, -0.2) is 48.0 Å². The number of halogens is 3. The number of hydrogen-bond acceptors (Lipinski definition) is 3. The summed E-state index contributed by atoms with van der Waals surface area (Å²) in [7, 11) is 0. The van der Waals surface area contributed by atoms with Crippen molar-refractivity contribution in [2.75, 3.05) is 26.2 Å². The minimum Gasteiger partial charge on any atom is -0.390 e. The van der Waals surface area contributed by atoms with Gasteiger partial charge in [0.2, 0.25) is 0 Å². The van der Waals surface area contributed by atoms with E-state index in [1.807, 2.05) is 4.90 Å². The van der Waals surface area contributed by atoms with Crippen LogP contribution in [0.3, 0.4) is 0 Å². The minimum absolute atomic E-state index is 0.0351. The second kappa shape index (κ2) is 5.58. The van der Waals surface area contributed by atoms with E-state index in [9.17, 15) is 18.3 Å². The molecule has 2 aliphatic rings. The Morgan fingerprint density at radius 1 is 1.32 bits per heavy atom. The van der Waals surface area contributed by atoms with E-state index in [2.05, 4.69) is 0 Å². The van der Waals surface area contributed by atoms with Gasteiger partial charge in [-0.15, -0.1) is 0 Å². The van der Waals surface area contributed by atoms with Gasteiger partial charge >= 0.3 is 6.18 Å². The SMILES string of the molecule is NCC(CN1CCC2(O)CCCCC2C1)C(F)(F)F. The maximum Gasteiger partial charge on any atom is 0.394 e. The Labute approximate surface area is 111 Å². The Bertz CT molecular complexity index is 311. The molecule has 0 aromatic rings. The number of nitrogens with zero attached hydrogens (tertiary/aromatic N) is 1. The van der Waals surface area contributed by atoms with Crippen LogP contribution in [0.4, 0.5) is 13.2 Å². The van der Waals surface area contributed by atoms with Crippen LogP contribution in [0.25, 0.3) is 0 Å². The molecule has 0 aromatic heterocycles. The highest BCUT2D eigenvalue weighted by molar-refractivity contribution is 4.96. The molecular formula is C13H23F3N2O. The highest BCUT2D eigenvalue weighted by atomic mass is 19.4. The fraction of sp³-hybridized carbons (Fsp3) is 1.00. The van der Waals surface area contributed by atoms with Crippen molar-refractivity contribution in [2.45, 2.75) is 43.9 Å². The molecule has 0 radical (unpaired) electrons. The summed E-state index contributed by atoms with van der Waals surface area (Å²) >= 11 is 0. The molecule has 1 heterocycles. The van der Waals surface area contributed by atoms with Crippen LogP contribution in [0.5, 0.6) is 0 Å². The number of rotatable bonds is 3. The summed E-state index contributed by atoms with van der Waals surface area (Å²) in [6.07, 6.45) is 0.181. The molecule has 3 N–H and O–H groups in total. The number of hydrogen-bond donors (Lipinski definition) is 2. The Morgan fingerprint density at radius 3 is 2.68 bits per heavy atom. The van der Waals surface area contributed by atoms with E-state index in [0.717, 1.165) is 25.7 Å². The van der Waals surface area contributed by atoms with Gasteiger partial charge in [0.25, 0.3) is 0 Å². The molecule has 112 valence electrons. The van der Waals surface area contributed by atoms with E-state index in [0.29, 0.717) is 19.5 Å². The number of piperidine rings is 1. The predicted octanol–water partition coefficient (Wildman–Crippen LogP) is 1.75. The van der Waals surface area contributed by atoms with Crippen molar-refractivity contribution in [3.8, 4) is 0 Å². The summed E-state index contributed by atoms with van der Waals surface area (Å²) in [5.41, 5.74) is 4.60. The van der Waals surface area contributed by atoms with Gasteiger partial charge in [0.05, 0.1) is 11.5 Å². The topological polar surface area (TPSA) is 49.5 Å². The second-order valence-electron chi connectivity index (χ2n) is 6.03. The highest BCUT2D eigenvalue weighted by Crippen LogP contribution is 2.40. The van der Waals surface area contributed by atoms with Crippen LogP contribution in [0.1, 0.15) is 32.1 Å². The van der Waals surface area contributed by atoms with Crippen molar-refractivity contribution < 1.29 is 18.3 Å². The normalized spacial score (nSPS) is 34.9. The Kier molecular flexibility index (Phi) is 4.42. The molecular weight excluding hydrogens is 257 g/mol. The third-order valence-corrected chi connectivity index (χ3v) is 4.74. The number of nitrogens with two attached hydrogens (primary N) is 1. The summed E-state index contributed by atoms with van der Waals surface area (Å²) in [5.74, 6) is -1.33. The highest BCUT2D eigenvalue weighted by Gasteiger charge is 2.45. The Hall–Kier alpha value is -0.330. The summed E-state index contributed by atoms with van der Waals surface area (Å²) in [6.45, 7) is 0.712. The smallest absolute Gasteiger partial charge is 0.390 e. The zero-order valence-electron chi connectivity index (χ0n) is 11.1. The average molecular weight is 280 g/mol. The van der Waals surface area contributed by atoms with Crippen molar-refractivity contribution >= 4 is 0 Å². The van der Waals surface area contributed by atoms with Crippen molar-refractivity contribution in [1.82, 2.24) is 4.90 Å². The van der Waals surface area contributed by atoms with Gasteiger partial charge in [-0.05, 0) is 19.3 Å². The van der Waals surface area contributed by atoms with E-state index in [4.69, 9.17) is 5.73 Å².